The smallest absolute Gasteiger partial charge is 0.0249 e. The summed E-state index contributed by atoms with van der Waals surface area (Å²) in [7, 11) is 0. The zero-order chi connectivity index (χ0) is 76.1. The fourth-order valence-corrected chi connectivity index (χ4v) is 10.8. The molecule has 14 rings (SSSR count). The van der Waals surface area contributed by atoms with E-state index in [9.17, 15) is 0 Å². The average Bonchev–Trinajstić information content (AvgIpc) is 1.12. The van der Waals surface area contributed by atoms with E-state index < -0.39 is 0 Å². The highest BCUT2D eigenvalue weighted by Crippen LogP contribution is 2.15. The molecule has 0 N–H and O–H groups in total. The van der Waals surface area contributed by atoms with Crippen LogP contribution in [0.2, 0.25) is 0 Å². The summed E-state index contributed by atoms with van der Waals surface area (Å²) in [5, 5.41) is 0. The summed E-state index contributed by atoms with van der Waals surface area (Å²) < 4.78 is 0. The van der Waals surface area contributed by atoms with Crippen LogP contribution in [-0.4, -0.2) is 0 Å². The highest BCUT2D eigenvalue weighted by Gasteiger charge is 2.01. The van der Waals surface area contributed by atoms with Crippen LogP contribution in [0.3, 0.4) is 0 Å². The highest BCUT2D eigenvalue weighted by molar-refractivity contribution is 5.59. The molecule has 0 heterocycles. The molecule has 14 aromatic rings. The molecular weight excluding hydrogens is 1350 g/mol. The predicted molar refractivity (Wildman–Crippen MR) is 457 cm³/mol. The Bertz CT molecular complexity index is 6250. The summed E-state index contributed by atoms with van der Waals surface area (Å²) in [6, 6.07) is 112. The molecule has 112 heavy (non-hydrogen) atoms. The number of hydrogen-bond donors (Lipinski definition) is 0. The summed E-state index contributed by atoms with van der Waals surface area (Å²) in [5.41, 5.74) is 26.5. The zero-order valence-electron chi connectivity index (χ0n) is 61.3. The Morgan fingerprint density at radius 2 is 0.125 bits per heavy atom. The van der Waals surface area contributed by atoms with Crippen molar-refractivity contribution in [3.8, 4) is 154 Å². The molecule has 0 unspecified atom stereocenters. The minimum atomic E-state index is 0.906. The van der Waals surface area contributed by atoms with Crippen LogP contribution in [0.1, 0.15) is 156 Å². The van der Waals surface area contributed by atoms with Crippen molar-refractivity contribution in [1.82, 2.24) is 0 Å². The van der Waals surface area contributed by atoms with Crippen LogP contribution in [0.15, 0.2) is 340 Å². The molecule has 0 aliphatic carbocycles. The summed E-state index contributed by atoms with van der Waals surface area (Å²) in [6.45, 7) is 4.15. The second-order valence-electron chi connectivity index (χ2n) is 25.9. The quantitative estimate of drug-likeness (QED) is 0.133. The summed E-state index contributed by atoms with van der Waals surface area (Å²) >= 11 is 0. The summed E-state index contributed by atoms with van der Waals surface area (Å²) in [4.78, 5) is 0. The maximum atomic E-state index is 3.28. The van der Waals surface area contributed by atoms with E-state index in [2.05, 4.69) is 192 Å². The molecule has 0 aliphatic rings. The van der Waals surface area contributed by atoms with E-state index in [0.717, 1.165) is 145 Å². The molecule has 0 aromatic heterocycles. The molecule has 0 radical (unpaired) electrons. The van der Waals surface area contributed by atoms with Gasteiger partial charge in [0.25, 0.3) is 0 Å². The average molecular weight is 1410 g/mol. The van der Waals surface area contributed by atoms with Crippen LogP contribution in [0.25, 0.3) is 0 Å². The zero-order valence-corrected chi connectivity index (χ0v) is 61.3. The van der Waals surface area contributed by atoms with Crippen molar-refractivity contribution in [2.45, 2.75) is 13.8 Å². The Labute approximate surface area is 658 Å². The van der Waals surface area contributed by atoms with Gasteiger partial charge < -0.3 is 0 Å². The highest BCUT2D eigenvalue weighted by atomic mass is 14.0. The van der Waals surface area contributed by atoms with Gasteiger partial charge in [0.15, 0.2) is 0 Å². The number of rotatable bonds is 0. The van der Waals surface area contributed by atoms with Crippen LogP contribution in [0.4, 0.5) is 0 Å². The summed E-state index contributed by atoms with van der Waals surface area (Å²) in [6.07, 6.45) is 0. The molecule has 0 bridgehead atoms. The van der Waals surface area contributed by atoms with Gasteiger partial charge in [0.05, 0.1) is 0 Å². The first-order valence-corrected chi connectivity index (χ1v) is 36.2. The monoisotopic (exact) mass is 1410 g/mol. The summed E-state index contributed by atoms with van der Waals surface area (Å²) in [5.74, 6) is 84.8. The molecule has 510 valence electrons. The molecule has 14 aromatic carbocycles. The fraction of sp³-hybridized carbons (Fsp3) is 0.0179. The molecule has 0 nitrogen and oxygen atoms in total. The van der Waals surface area contributed by atoms with Crippen LogP contribution >= 0.6 is 0 Å². The molecule has 0 heteroatoms. The number of hydrogen-bond acceptors (Lipinski definition) is 0. The molecule has 0 saturated heterocycles. The molecule has 0 amide bonds. The van der Waals surface area contributed by atoms with E-state index >= 15 is 0 Å². The Morgan fingerprint density at radius 1 is 0.0804 bits per heavy atom. The van der Waals surface area contributed by atoms with Crippen LogP contribution < -0.4 is 0 Å². The van der Waals surface area contributed by atoms with Crippen molar-refractivity contribution >= 4 is 0 Å². The van der Waals surface area contributed by atoms with Crippen LogP contribution in [-0.2, 0) is 0 Å². The third-order valence-electron chi connectivity index (χ3n) is 17.3. The SMILES string of the molecule is Cc1ccc(C#Cc2ccc(C#Cc3ccc(C#Cc4ccc(C#Cc5ccc(C#Cc6ccc(C#Cc7ccc(C#Cc8ccc(C#Cc9ccc(C#Cc%10ccc(C#Cc%11ccc(C#Cc%12ccc(C#Cc%13ccc(C#Cc%14ccc(C)cc%14)cc%13)cc%12)cc%11)cc%10)cc9)cc8)cc7)cc6)cc5)cc4)cc3)cc2)cc1. The van der Waals surface area contributed by atoms with E-state index in [4.69, 9.17) is 0 Å². The standard InChI is InChI=1S/C112H62/c1-85-3-7-87(8-4-85)11-13-89-15-19-91(20-16-89)23-25-93-27-31-95(32-28-93)35-37-97-39-43-99(44-40-97)47-49-101-51-55-103(56-52-101)59-61-105-63-67-107(68-64-105)71-73-109-75-79-111(80-76-109)83-84-112-81-77-110(78-82-112)74-72-108-69-65-106(66-70-108)62-60-104-57-53-102(54-58-104)50-48-100-45-41-98(42-46-100)38-36-96-33-29-94(30-34-96)26-24-92-21-17-90(18-22-92)14-12-88-9-5-86(2)6-10-88/h3-10,15-22,27-34,39-46,51-58,63-70,75-82H,1-2H3. The third-order valence-corrected chi connectivity index (χ3v) is 17.3. The molecule has 0 aliphatic heterocycles. The lowest BCUT2D eigenvalue weighted by Crippen LogP contribution is -1.82. The second-order valence-corrected chi connectivity index (χ2v) is 25.9. The maximum Gasteiger partial charge on any atom is 0.0249 e. The van der Waals surface area contributed by atoms with Gasteiger partial charge in [0, 0.05) is 145 Å². The first kappa shape index (κ1) is 72.3. The first-order chi connectivity index (χ1) is 55.1. The van der Waals surface area contributed by atoms with Gasteiger partial charge in [-0.25, -0.2) is 0 Å². The van der Waals surface area contributed by atoms with Crippen molar-refractivity contribution in [3.63, 3.8) is 0 Å². The van der Waals surface area contributed by atoms with Crippen LogP contribution in [0, 0.1) is 168 Å². The van der Waals surface area contributed by atoms with Crippen LogP contribution in [0.5, 0.6) is 0 Å². The molecular formula is C112H62. The minimum Gasteiger partial charge on any atom is -0.0617 e. The normalized spacial score (nSPS) is 9.48. The van der Waals surface area contributed by atoms with Crippen molar-refractivity contribution in [1.29, 1.82) is 0 Å². The molecule has 0 fully saturated rings. The lowest BCUT2D eigenvalue weighted by molar-refractivity contribution is 1.46. The van der Waals surface area contributed by atoms with E-state index in [0.29, 0.717) is 0 Å². The Hall–Kier alpha value is -16.6. The third kappa shape index (κ3) is 22.4. The Balaban J connectivity index is 0.483. The predicted octanol–water partition coefficient (Wildman–Crippen LogP) is 20.5. The number of benzene rings is 14. The minimum absolute atomic E-state index is 0.906. The van der Waals surface area contributed by atoms with Gasteiger partial charge in [-0.05, 0) is 329 Å². The van der Waals surface area contributed by atoms with Gasteiger partial charge >= 0.3 is 0 Å². The lowest BCUT2D eigenvalue weighted by atomic mass is 10.1. The van der Waals surface area contributed by atoms with Gasteiger partial charge in [0.2, 0.25) is 0 Å². The van der Waals surface area contributed by atoms with Crippen molar-refractivity contribution in [2.75, 3.05) is 0 Å². The van der Waals surface area contributed by atoms with E-state index in [-0.39, 0.29) is 0 Å². The van der Waals surface area contributed by atoms with E-state index in [1.54, 1.807) is 0 Å². The van der Waals surface area contributed by atoms with Gasteiger partial charge in [0.1, 0.15) is 0 Å². The van der Waals surface area contributed by atoms with Gasteiger partial charge in [-0.3, -0.25) is 0 Å². The van der Waals surface area contributed by atoms with Gasteiger partial charge in [-0.2, -0.15) is 0 Å². The molecule has 0 spiro atoms. The molecule has 0 saturated carbocycles. The van der Waals surface area contributed by atoms with Crippen molar-refractivity contribution in [2.24, 2.45) is 0 Å². The fourth-order valence-electron chi connectivity index (χ4n) is 10.8. The Morgan fingerprint density at radius 3 is 0.179 bits per heavy atom. The molecule has 0 atom stereocenters. The second kappa shape index (κ2) is 36.9. The Kier molecular flexibility index (Phi) is 23.8. The van der Waals surface area contributed by atoms with Crippen molar-refractivity contribution in [3.05, 3.63) is 495 Å². The van der Waals surface area contributed by atoms with Gasteiger partial charge in [-0.15, -0.1) is 0 Å². The maximum absolute atomic E-state index is 3.28. The van der Waals surface area contributed by atoms with Gasteiger partial charge in [-0.1, -0.05) is 189 Å². The van der Waals surface area contributed by atoms with Crippen molar-refractivity contribution < 1.29 is 0 Å². The number of aryl methyl sites for hydroxylation is 2. The lowest BCUT2D eigenvalue weighted by Gasteiger charge is -1.95. The first-order valence-electron chi connectivity index (χ1n) is 36.2. The topological polar surface area (TPSA) is 0 Å². The van der Waals surface area contributed by atoms with E-state index in [1.807, 2.05) is 315 Å². The largest absolute Gasteiger partial charge is 0.0617 e. The van der Waals surface area contributed by atoms with E-state index in [1.165, 1.54) is 11.1 Å².